The van der Waals surface area contributed by atoms with Crippen LogP contribution in [0.15, 0.2) is 18.2 Å². The molecular formula is C7H6ClF3N2. The van der Waals surface area contributed by atoms with Gasteiger partial charge in [0.2, 0.25) is 0 Å². The molecule has 0 spiro atoms. The van der Waals surface area contributed by atoms with Crippen molar-refractivity contribution in [3.63, 3.8) is 0 Å². The van der Waals surface area contributed by atoms with Gasteiger partial charge < -0.3 is 5.73 Å². The Hall–Kier alpha value is -0.810. The second-order valence-corrected chi connectivity index (χ2v) is 2.79. The van der Waals surface area contributed by atoms with Crippen LogP contribution in [0.1, 0.15) is 11.7 Å². The van der Waals surface area contributed by atoms with E-state index in [0.29, 0.717) is 0 Å². The predicted octanol–water partition coefficient (Wildman–Crippen LogP) is 2.30. The number of nitrogens with zero attached hydrogens (tertiary/aromatic N) is 1. The lowest BCUT2D eigenvalue weighted by Gasteiger charge is -2.14. The molecule has 0 fully saturated rings. The van der Waals surface area contributed by atoms with Gasteiger partial charge in [-0.05, 0) is 12.1 Å². The quantitative estimate of drug-likeness (QED) is 0.723. The summed E-state index contributed by atoms with van der Waals surface area (Å²) in [5.41, 5.74) is 4.62. The number of aromatic nitrogens is 1. The van der Waals surface area contributed by atoms with E-state index < -0.39 is 12.2 Å². The van der Waals surface area contributed by atoms with Gasteiger partial charge in [0, 0.05) is 0 Å². The van der Waals surface area contributed by atoms with Crippen LogP contribution in [-0.4, -0.2) is 11.2 Å². The zero-order chi connectivity index (χ0) is 10.1. The molecule has 0 aliphatic carbocycles. The molecule has 1 unspecified atom stereocenters. The molecule has 0 saturated heterocycles. The molecule has 0 saturated carbocycles. The summed E-state index contributed by atoms with van der Waals surface area (Å²) >= 11 is 5.40. The summed E-state index contributed by atoms with van der Waals surface area (Å²) in [5, 5.41) is -0.00259. The van der Waals surface area contributed by atoms with Crippen LogP contribution in [0.2, 0.25) is 5.15 Å². The lowest BCUT2D eigenvalue weighted by molar-refractivity contribution is -0.149. The van der Waals surface area contributed by atoms with Gasteiger partial charge >= 0.3 is 6.18 Å². The summed E-state index contributed by atoms with van der Waals surface area (Å²) in [5.74, 6) is 0. The van der Waals surface area contributed by atoms with Crippen molar-refractivity contribution in [2.45, 2.75) is 12.2 Å². The van der Waals surface area contributed by atoms with Gasteiger partial charge in [0.05, 0.1) is 5.69 Å². The molecule has 6 heteroatoms. The molecule has 1 aromatic heterocycles. The zero-order valence-electron chi connectivity index (χ0n) is 6.35. The van der Waals surface area contributed by atoms with Crippen molar-refractivity contribution in [3.05, 3.63) is 29.0 Å². The molecule has 13 heavy (non-hydrogen) atoms. The minimum Gasteiger partial charge on any atom is -0.315 e. The molecule has 2 N–H and O–H groups in total. The number of rotatable bonds is 1. The standard InChI is InChI=1S/C7H6ClF3N2/c8-5-3-1-2-4(13-5)6(12)7(9,10)11/h1-3,6H,12H2. The number of alkyl halides is 3. The van der Waals surface area contributed by atoms with Crippen molar-refractivity contribution in [3.8, 4) is 0 Å². The van der Waals surface area contributed by atoms with Crippen molar-refractivity contribution in [2.75, 3.05) is 0 Å². The number of hydrogen-bond donors (Lipinski definition) is 1. The van der Waals surface area contributed by atoms with Gasteiger partial charge in [-0.1, -0.05) is 17.7 Å². The van der Waals surface area contributed by atoms with E-state index in [0.717, 1.165) is 0 Å². The van der Waals surface area contributed by atoms with Gasteiger partial charge in [-0.25, -0.2) is 4.98 Å². The lowest BCUT2D eigenvalue weighted by atomic mass is 10.2. The minimum atomic E-state index is -4.49. The van der Waals surface area contributed by atoms with E-state index in [9.17, 15) is 13.2 Å². The maximum atomic E-state index is 12.1. The van der Waals surface area contributed by atoms with E-state index >= 15 is 0 Å². The topological polar surface area (TPSA) is 38.9 Å². The Labute approximate surface area is 77.5 Å². The van der Waals surface area contributed by atoms with Gasteiger partial charge in [0.1, 0.15) is 11.2 Å². The predicted molar refractivity (Wildman–Crippen MR) is 42.2 cm³/mol. The first-order valence-corrected chi connectivity index (χ1v) is 3.74. The first kappa shape index (κ1) is 10.3. The average molecular weight is 211 g/mol. The Bertz CT molecular complexity index is 300. The highest BCUT2D eigenvalue weighted by Crippen LogP contribution is 2.29. The van der Waals surface area contributed by atoms with Gasteiger partial charge in [-0.2, -0.15) is 13.2 Å². The van der Waals surface area contributed by atoms with Gasteiger partial charge in [0.15, 0.2) is 0 Å². The Morgan fingerprint density at radius 2 is 2.00 bits per heavy atom. The van der Waals surface area contributed by atoms with Crippen LogP contribution < -0.4 is 5.73 Å². The molecule has 0 aliphatic rings. The number of hydrogen-bond acceptors (Lipinski definition) is 2. The fourth-order valence-electron chi connectivity index (χ4n) is 0.765. The molecule has 72 valence electrons. The summed E-state index contributed by atoms with van der Waals surface area (Å²) in [7, 11) is 0. The van der Waals surface area contributed by atoms with Crippen molar-refractivity contribution in [2.24, 2.45) is 5.73 Å². The van der Waals surface area contributed by atoms with Crippen LogP contribution in [0, 0.1) is 0 Å². The van der Waals surface area contributed by atoms with Crippen LogP contribution in [0.25, 0.3) is 0 Å². The van der Waals surface area contributed by atoms with E-state index in [2.05, 4.69) is 4.98 Å². The molecule has 1 rings (SSSR count). The van der Waals surface area contributed by atoms with Crippen LogP contribution >= 0.6 is 11.6 Å². The van der Waals surface area contributed by atoms with Gasteiger partial charge in [-0.3, -0.25) is 0 Å². The molecule has 1 aromatic rings. The number of nitrogens with two attached hydrogens (primary N) is 1. The summed E-state index contributed by atoms with van der Waals surface area (Å²) in [6.45, 7) is 0. The first-order chi connectivity index (χ1) is 5.91. The second kappa shape index (κ2) is 3.51. The maximum Gasteiger partial charge on any atom is 0.409 e. The van der Waals surface area contributed by atoms with E-state index in [1.54, 1.807) is 0 Å². The highest BCUT2D eigenvalue weighted by Gasteiger charge is 2.38. The zero-order valence-corrected chi connectivity index (χ0v) is 7.10. The van der Waals surface area contributed by atoms with Crippen LogP contribution in [-0.2, 0) is 0 Å². The molecule has 0 aliphatic heterocycles. The van der Waals surface area contributed by atoms with Crippen molar-refractivity contribution >= 4 is 11.6 Å². The highest BCUT2D eigenvalue weighted by molar-refractivity contribution is 6.29. The second-order valence-electron chi connectivity index (χ2n) is 2.40. The summed E-state index contributed by atoms with van der Waals surface area (Å²) in [6.07, 6.45) is -4.49. The molecule has 0 radical (unpaired) electrons. The molecule has 0 aromatic carbocycles. The third-order valence-corrected chi connectivity index (χ3v) is 1.62. The summed E-state index contributed by atoms with van der Waals surface area (Å²) < 4.78 is 36.2. The molecule has 1 heterocycles. The average Bonchev–Trinajstić information content (AvgIpc) is 2.01. The minimum absolute atomic E-state index is 0.00259. The van der Waals surface area contributed by atoms with Crippen molar-refractivity contribution < 1.29 is 13.2 Å². The Morgan fingerprint density at radius 1 is 1.38 bits per heavy atom. The Kier molecular flexibility index (Phi) is 2.77. The fraction of sp³-hybridized carbons (Fsp3) is 0.286. The molecule has 0 bridgehead atoms. The Balaban J connectivity index is 2.96. The van der Waals surface area contributed by atoms with Gasteiger partial charge in [0.25, 0.3) is 0 Å². The van der Waals surface area contributed by atoms with Gasteiger partial charge in [-0.15, -0.1) is 0 Å². The van der Waals surface area contributed by atoms with Crippen LogP contribution in [0.3, 0.4) is 0 Å². The SMILES string of the molecule is NC(c1cccc(Cl)n1)C(F)(F)F. The smallest absolute Gasteiger partial charge is 0.315 e. The molecular weight excluding hydrogens is 205 g/mol. The molecule has 2 nitrogen and oxygen atoms in total. The van der Waals surface area contributed by atoms with E-state index in [1.165, 1.54) is 18.2 Å². The van der Waals surface area contributed by atoms with E-state index in [4.69, 9.17) is 17.3 Å². The van der Waals surface area contributed by atoms with E-state index in [-0.39, 0.29) is 10.8 Å². The fourth-order valence-corrected chi connectivity index (χ4v) is 0.935. The number of pyridine rings is 1. The maximum absolute atomic E-state index is 12.1. The van der Waals surface area contributed by atoms with Crippen LogP contribution in [0.5, 0.6) is 0 Å². The monoisotopic (exact) mass is 210 g/mol. The first-order valence-electron chi connectivity index (χ1n) is 3.36. The van der Waals surface area contributed by atoms with Crippen molar-refractivity contribution in [1.29, 1.82) is 0 Å². The van der Waals surface area contributed by atoms with Crippen molar-refractivity contribution in [1.82, 2.24) is 4.98 Å². The molecule has 0 amide bonds. The van der Waals surface area contributed by atoms with Crippen LogP contribution in [0.4, 0.5) is 13.2 Å². The normalized spacial score (nSPS) is 14.2. The molecule has 1 atom stereocenters. The summed E-state index contributed by atoms with van der Waals surface area (Å²) in [4.78, 5) is 3.46. The summed E-state index contributed by atoms with van der Waals surface area (Å²) in [6, 6.07) is 1.86. The largest absolute Gasteiger partial charge is 0.409 e. The van der Waals surface area contributed by atoms with E-state index in [1.807, 2.05) is 0 Å². The lowest BCUT2D eigenvalue weighted by Crippen LogP contribution is -2.29. The third kappa shape index (κ3) is 2.57. The highest BCUT2D eigenvalue weighted by atomic mass is 35.5. The Morgan fingerprint density at radius 3 is 2.46 bits per heavy atom. The number of halogens is 4. The third-order valence-electron chi connectivity index (χ3n) is 1.41.